The monoisotopic (exact) mass is 286 g/mol. The molecule has 0 bridgehead atoms. The standard InChI is InChI=1S/C16H22N4O/c1-2-17-14-5-3-6-15-13(14)7-8-16(21)20(15)12-11-19-10-4-9-18-19/h4,7-10,14,17H,2-3,5-6,11-12H2,1H3. The molecule has 112 valence electrons. The maximum absolute atomic E-state index is 12.2. The Labute approximate surface area is 124 Å². The summed E-state index contributed by atoms with van der Waals surface area (Å²) in [5.74, 6) is 0. The summed E-state index contributed by atoms with van der Waals surface area (Å²) in [5, 5.41) is 7.73. The van der Waals surface area contributed by atoms with Crippen LogP contribution in [0, 0.1) is 0 Å². The summed E-state index contributed by atoms with van der Waals surface area (Å²) in [5.41, 5.74) is 2.59. The van der Waals surface area contributed by atoms with Gasteiger partial charge in [0.2, 0.25) is 0 Å². The molecule has 1 aliphatic rings. The molecule has 3 rings (SSSR count). The lowest BCUT2D eigenvalue weighted by Crippen LogP contribution is -2.32. The molecule has 0 fully saturated rings. The highest BCUT2D eigenvalue weighted by Gasteiger charge is 2.22. The van der Waals surface area contributed by atoms with Crippen molar-refractivity contribution in [1.82, 2.24) is 19.7 Å². The molecule has 1 N–H and O–H groups in total. The van der Waals surface area contributed by atoms with E-state index in [1.807, 2.05) is 27.6 Å². The third-order valence-electron chi connectivity index (χ3n) is 4.17. The van der Waals surface area contributed by atoms with E-state index in [2.05, 4.69) is 17.3 Å². The Balaban J connectivity index is 1.89. The number of hydrogen-bond acceptors (Lipinski definition) is 3. The Kier molecular flexibility index (Phi) is 4.20. The van der Waals surface area contributed by atoms with Gasteiger partial charge in [-0.15, -0.1) is 0 Å². The zero-order chi connectivity index (χ0) is 14.7. The van der Waals surface area contributed by atoms with Gasteiger partial charge < -0.3 is 9.88 Å². The third-order valence-corrected chi connectivity index (χ3v) is 4.17. The number of aromatic nitrogens is 3. The van der Waals surface area contributed by atoms with Gasteiger partial charge in [-0.3, -0.25) is 9.48 Å². The van der Waals surface area contributed by atoms with E-state index >= 15 is 0 Å². The molecule has 1 atom stereocenters. The van der Waals surface area contributed by atoms with E-state index < -0.39 is 0 Å². The molecule has 0 saturated carbocycles. The minimum atomic E-state index is 0.0954. The van der Waals surface area contributed by atoms with E-state index in [0.29, 0.717) is 12.6 Å². The van der Waals surface area contributed by atoms with Crippen LogP contribution in [0.15, 0.2) is 35.4 Å². The molecule has 21 heavy (non-hydrogen) atoms. The molecule has 0 aliphatic heterocycles. The second-order valence-corrected chi connectivity index (χ2v) is 5.50. The van der Waals surface area contributed by atoms with Crippen LogP contribution in [-0.2, 0) is 19.5 Å². The summed E-state index contributed by atoms with van der Waals surface area (Å²) >= 11 is 0. The van der Waals surface area contributed by atoms with Gasteiger partial charge >= 0.3 is 0 Å². The van der Waals surface area contributed by atoms with Crippen molar-refractivity contribution in [3.8, 4) is 0 Å². The number of rotatable bonds is 5. The molecule has 1 aliphatic carbocycles. The van der Waals surface area contributed by atoms with E-state index in [0.717, 1.165) is 32.4 Å². The minimum absolute atomic E-state index is 0.0954. The fraction of sp³-hybridized carbons (Fsp3) is 0.500. The molecule has 5 nitrogen and oxygen atoms in total. The highest BCUT2D eigenvalue weighted by atomic mass is 16.1. The van der Waals surface area contributed by atoms with Crippen LogP contribution in [0.1, 0.15) is 37.1 Å². The van der Waals surface area contributed by atoms with Gasteiger partial charge in [0.05, 0.1) is 6.54 Å². The van der Waals surface area contributed by atoms with Gasteiger partial charge in [-0.05, 0) is 37.4 Å². The molecule has 0 amide bonds. The second kappa shape index (κ2) is 6.26. The predicted octanol–water partition coefficient (Wildman–Crippen LogP) is 1.73. The number of pyridine rings is 1. The SMILES string of the molecule is CCNC1CCCc2c1ccc(=O)n2CCn1cccn1. The second-order valence-electron chi connectivity index (χ2n) is 5.50. The number of nitrogens with zero attached hydrogens (tertiary/aromatic N) is 3. The van der Waals surface area contributed by atoms with Crippen molar-refractivity contribution in [2.75, 3.05) is 6.54 Å². The van der Waals surface area contributed by atoms with Crippen molar-refractivity contribution < 1.29 is 0 Å². The molecular weight excluding hydrogens is 264 g/mol. The third kappa shape index (κ3) is 2.93. The molecule has 1 unspecified atom stereocenters. The van der Waals surface area contributed by atoms with Crippen LogP contribution in [0.25, 0.3) is 0 Å². The predicted molar refractivity (Wildman–Crippen MR) is 82.3 cm³/mol. The maximum atomic E-state index is 12.2. The van der Waals surface area contributed by atoms with Crippen molar-refractivity contribution in [2.45, 2.75) is 45.3 Å². The van der Waals surface area contributed by atoms with E-state index in [9.17, 15) is 4.79 Å². The van der Waals surface area contributed by atoms with Crippen molar-refractivity contribution >= 4 is 0 Å². The van der Waals surface area contributed by atoms with E-state index in [1.54, 1.807) is 12.3 Å². The van der Waals surface area contributed by atoms with Gasteiger partial charge in [-0.1, -0.05) is 13.0 Å². The summed E-state index contributed by atoms with van der Waals surface area (Å²) in [7, 11) is 0. The van der Waals surface area contributed by atoms with Crippen molar-refractivity contribution in [3.05, 3.63) is 52.2 Å². The van der Waals surface area contributed by atoms with Gasteiger partial charge in [0.1, 0.15) is 0 Å². The van der Waals surface area contributed by atoms with E-state index in [-0.39, 0.29) is 5.56 Å². The van der Waals surface area contributed by atoms with E-state index in [1.165, 1.54) is 11.3 Å². The van der Waals surface area contributed by atoms with Crippen LogP contribution in [0.2, 0.25) is 0 Å². The van der Waals surface area contributed by atoms with Crippen LogP contribution in [-0.4, -0.2) is 20.9 Å². The summed E-state index contributed by atoms with van der Waals surface area (Å²) in [6.07, 6.45) is 6.98. The summed E-state index contributed by atoms with van der Waals surface area (Å²) in [6.45, 7) is 4.50. The molecule has 0 saturated heterocycles. The first-order valence-electron chi connectivity index (χ1n) is 7.73. The zero-order valence-corrected chi connectivity index (χ0v) is 12.5. The van der Waals surface area contributed by atoms with Crippen LogP contribution in [0.5, 0.6) is 0 Å². The van der Waals surface area contributed by atoms with Crippen molar-refractivity contribution in [1.29, 1.82) is 0 Å². The largest absolute Gasteiger partial charge is 0.310 e. The number of nitrogens with one attached hydrogen (secondary N) is 1. The highest BCUT2D eigenvalue weighted by molar-refractivity contribution is 5.27. The average molecular weight is 286 g/mol. The lowest BCUT2D eigenvalue weighted by atomic mass is 9.91. The fourth-order valence-corrected chi connectivity index (χ4v) is 3.20. The average Bonchev–Trinajstić information content (AvgIpc) is 3.00. The van der Waals surface area contributed by atoms with Gasteiger partial charge in [-0.25, -0.2) is 0 Å². The van der Waals surface area contributed by atoms with Gasteiger partial charge in [0.15, 0.2) is 0 Å². The topological polar surface area (TPSA) is 51.9 Å². The number of aryl methyl sites for hydroxylation is 1. The van der Waals surface area contributed by atoms with Gasteiger partial charge in [0.25, 0.3) is 5.56 Å². The van der Waals surface area contributed by atoms with Crippen LogP contribution >= 0.6 is 0 Å². The van der Waals surface area contributed by atoms with Crippen molar-refractivity contribution in [3.63, 3.8) is 0 Å². The maximum Gasteiger partial charge on any atom is 0.250 e. The lowest BCUT2D eigenvalue weighted by Gasteiger charge is -2.28. The summed E-state index contributed by atoms with van der Waals surface area (Å²) < 4.78 is 3.80. The quantitative estimate of drug-likeness (QED) is 0.911. The van der Waals surface area contributed by atoms with Gasteiger partial charge in [-0.2, -0.15) is 5.10 Å². The molecular formula is C16H22N4O. The Morgan fingerprint density at radius 3 is 3.05 bits per heavy atom. The Morgan fingerprint density at radius 1 is 1.38 bits per heavy atom. The molecule has 0 aromatic carbocycles. The molecule has 5 heteroatoms. The van der Waals surface area contributed by atoms with Crippen LogP contribution in [0.3, 0.4) is 0 Å². The normalized spacial score (nSPS) is 17.7. The number of fused-ring (bicyclic) bond motifs is 1. The van der Waals surface area contributed by atoms with E-state index in [4.69, 9.17) is 0 Å². The Morgan fingerprint density at radius 2 is 2.29 bits per heavy atom. The molecule has 2 aromatic heterocycles. The fourth-order valence-electron chi connectivity index (χ4n) is 3.20. The zero-order valence-electron chi connectivity index (χ0n) is 12.5. The van der Waals surface area contributed by atoms with Gasteiger partial charge in [0, 0.05) is 36.7 Å². The molecule has 2 heterocycles. The molecule has 0 spiro atoms. The Bertz CT molecular complexity index is 645. The smallest absolute Gasteiger partial charge is 0.250 e. The first-order valence-corrected chi connectivity index (χ1v) is 7.73. The van der Waals surface area contributed by atoms with Crippen molar-refractivity contribution in [2.24, 2.45) is 0 Å². The minimum Gasteiger partial charge on any atom is -0.310 e. The first kappa shape index (κ1) is 14.1. The van der Waals surface area contributed by atoms with Crippen LogP contribution < -0.4 is 10.9 Å². The summed E-state index contributed by atoms with van der Waals surface area (Å²) in [4.78, 5) is 12.2. The highest BCUT2D eigenvalue weighted by Crippen LogP contribution is 2.28. The lowest BCUT2D eigenvalue weighted by molar-refractivity contribution is 0.437. The molecule has 0 radical (unpaired) electrons. The summed E-state index contributed by atoms with van der Waals surface area (Å²) in [6, 6.07) is 6.01. The number of hydrogen-bond donors (Lipinski definition) is 1. The Hall–Kier alpha value is -1.88. The molecule has 2 aromatic rings. The van der Waals surface area contributed by atoms with Crippen LogP contribution in [0.4, 0.5) is 0 Å². The first-order chi connectivity index (χ1) is 10.3.